The second-order valence-corrected chi connectivity index (χ2v) is 5.98. The van der Waals surface area contributed by atoms with Crippen LogP contribution in [0.25, 0.3) is 0 Å². The molecule has 0 unspecified atom stereocenters. The zero-order valence-corrected chi connectivity index (χ0v) is 13.5. The van der Waals surface area contributed by atoms with Crippen LogP contribution in [0.1, 0.15) is 11.1 Å². The van der Waals surface area contributed by atoms with Crippen LogP contribution in [-0.2, 0) is 17.8 Å². The van der Waals surface area contributed by atoms with Crippen molar-refractivity contribution in [2.75, 3.05) is 19.6 Å². The average Bonchev–Trinajstić information content (AvgIpc) is 2.89. The van der Waals surface area contributed by atoms with Crippen LogP contribution in [0.3, 0.4) is 0 Å². The average molecular weight is 323 g/mol. The molecule has 1 aromatic carbocycles. The Balaban J connectivity index is 1.46. The van der Waals surface area contributed by atoms with Gasteiger partial charge < -0.3 is 10.4 Å². The summed E-state index contributed by atoms with van der Waals surface area (Å²) < 4.78 is 0. The minimum atomic E-state index is -0.596. The Bertz CT molecular complexity index is 730. The fourth-order valence-electron chi connectivity index (χ4n) is 2.92. The predicted molar refractivity (Wildman–Crippen MR) is 93.7 cm³/mol. The van der Waals surface area contributed by atoms with E-state index in [9.17, 15) is 9.90 Å². The van der Waals surface area contributed by atoms with Gasteiger partial charge in [-0.3, -0.25) is 9.69 Å². The number of nitrogens with one attached hydrogen (secondary N) is 1. The summed E-state index contributed by atoms with van der Waals surface area (Å²) >= 11 is 0. The molecule has 2 aliphatic rings. The number of nitrogens with zero attached hydrogens (tertiary/aromatic N) is 2. The fraction of sp³-hybridized carbons (Fsp3) is 0.316. The van der Waals surface area contributed by atoms with Crippen molar-refractivity contribution in [3.05, 3.63) is 65.4 Å². The summed E-state index contributed by atoms with van der Waals surface area (Å²) in [7, 11) is 0. The van der Waals surface area contributed by atoms with Gasteiger partial charge in [0.25, 0.3) is 5.91 Å². The maximum atomic E-state index is 12.1. The molecule has 2 aliphatic heterocycles. The molecule has 3 rings (SSSR count). The van der Waals surface area contributed by atoms with Gasteiger partial charge >= 0.3 is 0 Å². The number of rotatable bonds is 5. The second-order valence-electron chi connectivity index (χ2n) is 5.98. The molecule has 0 saturated carbocycles. The Kier molecular flexibility index (Phi) is 5.39. The molecule has 2 N–H and O–H groups in total. The third kappa shape index (κ3) is 4.30. The van der Waals surface area contributed by atoms with Gasteiger partial charge in [-0.25, -0.2) is 4.99 Å². The second kappa shape index (κ2) is 7.88. The molecule has 1 amide bonds. The Morgan fingerprint density at radius 1 is 1.38 bits per heavy atom. The van der Waals surface area contributed by atoms with E-state index in [0.717, 1.165) is 19.5 Å². The van der Waals surface area contributed by atoms with Gasteiger partial charge in [-0.2, -0.15) is 0 Å². The van der Waals surface area contributed by atoms with E-state index in [1.807, 2.05) is 6.07 Å². The standard InChI is InChI=1S/C19H21N3O2/c23-18(12-21-19(24)16-6-3-9-20-10-7-16)14-22-11-8-15-4-1-2-5-17(15)13-22/h1-7,10,18,23H,8,11-14H2,(H,21,24)/t18-/m1/s1. The summed E-state index contributed by atoms with van der Waals surface area (Å²) in [4.78, 5) is 18.1. The molecule has 1 atom stereocenters. The van der Waals surface area contributed by atoms with E-state index in [1.54, 1.807) is 18.2 Å². The predicted octanol–water partition coefficient (Wildman–Crippen LogP) is 1.20. The molecule has 0 aliphatic carbocycles. The van der Waals surface area contributed by atoms with Gasteiger partial charge in [0.1, 0.15) is 0 Å². The molecule has 24 heavy (non-hydrogen) atoms. The molecule has 0 spiro atoms. The van der Waals surface area contributed by atoms with Crippen molar-refractivity contribution in [1.29, 1.82) is 0 Å². The first-order valence-electron chi connectivity index (χ1n) is 8.13. The highest BCUT2D eigenvalue weighted by Gasteiger charge is 2.19. The first kappa shape index (κ1) is 16.4. The molecule has 5 heteroatoms. The quantitative estimate of drug-likeness (QED) is 0.856. The van der Waals surface area contributed by atoms with E-state index >= 15 is 0 Å². The van der Waals surface area contributed by atoms with Crippen LogP contribution < -0.4 is 5.32 Å². The Morgan fingerprint density at radius 3 is 3.08 bits per heavy atom. The topological polar surface area (TPSA) is 64.9 Å². The highest BCUT2D eigenvalue weighted by Crippen LogP contribution is 2.18. The number of aliphatic hydroxyl groups is 1. The van der Waals surface area contributed by atoms with E-state index in [0.29, 0.717) is 12.1 Å². The Hall–Kier alpha value is -2.46. The molecule has 1 aromatic rings. The lowest BCUT2D eigenvalue weighted by Gasteiger charge is -2.30. The number of carbonyl (C=O) groups is 1. The molecule has 0 bridgehead atoms. The number of allylic oxidation sites excluding steroid dienone is 2. The molecule has 0 radical (unpaired) electrons. The number of benzene rings is 1. The number of fused-ring (bicyclic) bond motifs is 1. The van der Waals surface area contributed by atoms with Crippen molar-refractivity contribution in [3.63, 3.8) is 0 Å². The van der Waals surface area contributed by atoms with Crippen molar-refractivity contribution < 1.29 is 9.90 Å². The van der Waals surface area contributed by atoms with E-state index in [2.05, 4.69) is 39.3 Å². The Morgan fingerprint density at radius 2 is 2.21 bits per heavy atom. The van der Waals surface area contributed by atoms with Gasteiger partial charge in [-0.1, -0.05) is 24.3 Å². The normalized spacial score (nSPS) is 17.8. The Labute approximate surface area is 141 Å². The third-order valence-electron chi connectivity index (χ3n) is 4.18. The van der Waals surface area contributed by atoms with E-state index in [-0.39, 0.29) is 12.5 Å². The number of carbonyl (C=O) groups excluding carboxylic acids is 1. The highest BCUT2D eigenvalue weighted by molar-refractivity contribution is 5.97. The maximum Gasteiger partial charge on any atom is 0.251 e. The molecular weight excluding hydrogens is 302 g/mol. The first-order valence-corrected chi connectivity index (χ1v) is 8.13. The summed E-state index contributed by atoms with van der Waals surface area (Å²) in [6.45, 7) is 2.55. The molecule has 5 nitrogen and oxygen atoms in total. The SMILES string of the molecule is O=C(NC[C@@H](O)CN1CCc2ccccc2C1)C1=CC=C=NC=C1. The zero-order chi connectivity index (χ0) is 16.8. The van der Waals surface area contributed by atoms with Gasteiger partial charge in [-0.15, -0.1) is 0 Å². The fourth-order valence-corrected chi connectivity index (χ4v) is 2.92. The number of aliphatic imine (C=N–C) groups is 1. The largest absolute Gasteiger partial charge is 0.390 e. The number of hydrogen-bond acceptors (Lipinski definition) is 4. The van der Waals surface area contributed by atoms with Crippen molar-refractivity contribution in [3.8, 4) is 0 Å². The van der Waals surface area contributed by atoms with E-state index in [4.69, 9.17) is 0 Å². The smallest absolute Gasteiger partial charge is 0.251 e. The summed E-state index contributed by atoms with van der Waals surface area (Å²) in [6, 6.07) is 8.41. The number of β-amino-alcohol motifs (C(OH)–C–C–N with tert-alkyl or cyclic N) is 1. The van der Waals surface area contributed by atoms with Gasteiger partial charge in [0.2, 0.25) is 0 Å². The van der Waals surface area contributed by atoms with Crippen LogP contribution in [-0.4, -0.2) is 47.5 Å². The monoisotopic (exact) mass is 323 g/mol. The zero-order valence-electron chi connectivity index (χ0n) is 13.5. The van der Waals surface area contributed by atoms with Gasteiger partial charge in [0, 0.05) is 44.0 Å². The first-order chi connectivity index (χ1) is 11.7. The van der Waals surface area contributed by atoms with Crippen LogP contribution in [0.2, 0.25) is 0 Å². The lowest BCUT2D eigenvalue weighted by molar-refractivity contribution is -0.117. The van der Waals surface area contributed by atoms with Gasteiger partial charge in [0.05, 0.1) is 6.10 Å². The molecular formula is C19H21N3O2. The van der Waals surface area contributed by atoms with E-state index in [1.165, 1.54) is 17.3 Å². The highest BCUT2D eigenvalue weighted by atomic mass is 16.3. The lowest BCUT2D eigenvalue weighted by Crippen LogP contribution is -2.42. The lowest BCUT2D eigenvalue weighted by atomic mass is 10.00. The van der Waals surface area contributed by atoms with Crippen LogP contribution in [0.5, 0.6) is 0 Å². The minimum absolute atomic E-state index is 0.218. The summed E-state index contributed by atoms with van der Waals surface area (Å²) in [5, 5.41) is 13.0. The molecule has 0 aromatic heterocycles. The van der Waals surface area contributed by atoms with E-state index < -0.39 is 6.10 Å². The van der Waals surface area contributed by atoms with Gasteiger partial charge in [-0.05, 0) is 35.6 Å². The summed E-state index contributed by atoms with van der Waals surface area (Å²) in [5.41, 5.74) is 3.21. The van der Waals surface area contributed by atoms with Crippen molar-refractivity contribution in [1.82, 2.24) is 10.2 Å². The maximum absolute atomic E-state index is 12.1. The minimum Gasteiger partial charge on any atom is -0.390 e. The number of aliphatic hydroxyl groups excluding tert-OH is 1. The van der Waals surface area contributed by atoms with Crippen LogP contribution in [0.4, 0.5) is 0 Å². The number of amides is 1. The molecule has 124 valence electrons. The van der Waals surface area contributed by atoms with Gasteiger partial charge in [0.15, 0.2) is 0 Å². The summed E-state index contributed by atoms with van der Waals surface area (Å²) in [5.74, 6) is 2.44. The third-order valence-corrected chi connectivity index (χ3v) is 4.18. The molecule has 0 saturated heterocycles. The summed E-state index contributed by atoms with van der Waals surface area (Å²) in [6.07, 6.45) is 6.80. The number of hydrogen-bond donors (Lipinski definition) is 2. The van der Waals surface area contributed by atoms with Crippen LogP contribution in [0.15, 0.2) is 59.3 Å². The molecule has 2 heterocycles. The van der Waals surface area contributed by atoms with Crippen molar-refractivity contribution in [2.45, 2.75) is 19.1 Å². The van der Waals surface area contributed by atoms with Crippen LogP contribution in [0, 0.1) is 0 Å². The van der Waals surface area contributed by atoms with Crippen molar-refractivity contribution >= 4 is 11.8 Å². The van der Waals surface area contributed by atoms with Crippen molar-refractivity contribution in [2.24, 2.45) is 4.99 Å². The molecule has 0 fully saturated rings. The van der Waals surface area contributed by atoms with Crippen LogP contribution >= 0.6 is 0 Å².